The molecule has 0 spiro atoms. The standard InChI is InChI=1S/C20H22O/c1-12(2)17-16(10-13-6-4-3-5-7-13)20(21)19-15-9-8-14(11-15)18(17)19/h3-10,12,14-15,17-19H,11H2,1-2H3/b16-10+/t14-,15+,17+,18-,19-/m0/s1. The van der Waals surface area contributed by atoms with Gasteiger partial charge in [0.25, 0.3) is 0 Å². The zero-order valence-electron chi connectivity index (χ0n) is 12.7. The first-order valence-corrected chi connectivity index (χ1v) is 8.16. The Kier molecular flexibility index (Phi) is 2.92. The van der Waals surface area contributed by atoms with Crippen LogP contribution >= 0.6 is 0 Å². The van der Waals surface area contributed by atoms with E-state index >= 15 is 0 Å². The molecule has 0 heterocycles. The van der Waals surface area contributed by atoms with Gasteiger partial charge in [0.05, 0.1) is 0 Å². The largest absolute Gasteiger partial charge is 0.294 e. The minimum absolute atomic E-state index is 0.266. The van der Waals surface area contributed by atoms with Crippen molar-refractivity contribution in [1.82, 2.24) is 0 Å². The van der Waals surface area contributed by atoms with E-state index in [4.69, 9.17) is 0 Å². The van der Waals surface area contributed by atoms with E-state index in [1.54, 1.807) is 0 Å². The van der Waals surface area contributed by atoms with Crippen LogP contribution in [0.25, 0.3) is 6.08 Å². The Morgan fingerprint density at radius 1 is 1.10 bits per heavy atom. The number of carbonyl (C=O) groups excluding carboxylic acids is 1. The first kappa shape index (κ1) is 13.1. The van der Waals surface area contributed by atoms with Gasteiger partial charge >= 0.3 is 0 Å². The molecule has 0 aromatic heterocycles. The molecule has 3 aliphatic rings. The highest BCUT2D eigenvalue weighted by Crippen LogP contribution is 2.59. The Morgan fingerprint density at radius 2 is 1.81 bits per heavy atom. The molecule has 1 heteroatoms. The van der Waals surface area contributed by atoms with Gasteiger partial charge in [-0.25, -0.2) is 0 Å². The summed E-state index contributed by atoms with van der Waals surface area (Å²) in [6, 6.07) is 10.3. The molecule has 0 aliphatic heterocycles. The molecule has 0 saturated heterocycles. The summed E-state index contributed by atoms with van der Waals surface area (Å²) in [4.78, 5) is 13.0. The molecule has 0 amide bonds. The second kappa shape index (κ2) is 4.69. The van der Waals surface area contributed by atoms with Crippen molar-refractivity contribution in [2.45, 2.75) is 20.3 Å². The number of ketones is 1. The summed E-state index contributed by atoms with van der Waals surface area (Å²) in [6.45, 7) is 4.55. The highest BCUT2D eigenvalue weighted by molar-refractivity contribution is 6.05. The maximum Gasteiger partial charge on any atom is 0.163 e. The van der Waals surface area contributed by atoms with Crippen molar-refractivity contribution in [3.8, 4) is 0 Å². The molecule has 21 heavy (non-hydrogen) atoms. The molecule has 2 saturated carbocycles. The molecule has 2 bridgehead atoms. The van der Waals surface area contributed by atoms with Gasteiger partial charge in [0, 0.05) is 5.92 Å². The Bertz CT molecular complexity index is 622. The topological polar surface area (TPSA) is 17.1 Å². The van der Waals surface area contributed by atoms with Crippen molar-refractivity contribution in [1.29, 1.82) is 0 Å². The minimum Gasteiger partial charge on any atom is -0.294 e. The van der Waals surface area contributed by atoms with E-state index in [2.05, 4.69) is 44.2 Å². The fraction of sp³-hybridized carbons (Fsp3) is 0.450. The van der Waals surface area contributed by atoms with Crippen molar-refractivity contribution in [2.24, 2.45) is 35.5 Å². The lowest BCUT2D eigenvalue weighted by Crippen LogP contribution is -2.24. The third-order valence-corrected chi connectivity index (χ3v) is 5.72. The number of rotatable bonds is 2. The van der Waals surface area contributed by atoms with Crippen molar-refractivity contribution in [3.05, 3.63) is 53.6 Å². The molecule has 0 N–H and O–H groups in total. The van der Waals surface area contributed by atoms with Crippen LogP contribution in [-0.4, -0.2) is 5.78 Å². The van der Waals surface area contributed by atoms with Crippen LogP contribution in [0.4, 0.5) is 0 Å². The minimum atomic E-state index is 0.266. The van der Waals surface area contributed by atoms with Gasteiger partial charge in [-0.1, -0.05) is 56.3 Å². The molecular weight excluding hydrogens is 256 g/mol. The maximum atomic E-state index is 13.0. The Balaban J connectivity index is 1.78. The van der Waals surface area contributed by atoms with E-state index in [-0.39, 0.29) is 5.92 Å². The molecule has 5 atom stereocenters. The van der Waals surface area contributed by atoms with Gasteiger partial charge in [0.15, 0.2) is 5.78 Å². The van der Waals surface area contributed by atoms with Crippen LogP contribution in [0.2, 0.25) is 0 Å². The van der Waals surface area contributed by atoms with Gasteiger partial charge in [-0.2, -0.15) is 0 Å². The van der Waals surface area contributed by atoms with Crippen molar-refractivity contribution >= 4 is 11.9 Å². The number of carbonyl (C=O) groups is 1. The molecule has 0 unspecified atom stereocenters. The van der Waals surface area contributed by atoms with Crippen LogP contribution in [0.3, 0.4) is 0 Å². The van der Waals surface area contributed by atoms with E-state index < -0.39 is 0 Å². The summed E-state index contributed by atoms with van der Waals surface area (Å²) >= 11 is 0. The molecule has 3 aliphatic carbocycles. The average molecular weight is 278 g/mol. The molecule has 1 aromatic carbocycles. The van der Waals surface area contributed by atoms with E-state index in [0.29, 0.717) is 35.4 Å². The molecule has 0 radical (unpaired) electrons. The Morgan fingerprint density at radius 3 is 2.52 bits per heavy atom. The zero-order valence-corrected chi connectivity index (χ0v) is 12.7. The van der Waals surface area contributed by atoms with Crippen molar-refractivity contribution in [3.63, 3.8) is 0 Å². The van der Waals surface area contributed by atoms with Gasteiger partial charge in [-0.3, -0.25) is 4.79 Å². The van der Waals surface area contributed by atoms with Crippen molar-refractivity contribution < 1.29 is 4.79 Å². The maximum absolute atomic E-state index is 13.0. The van der Waals surface area contributed by atoms with Gasteiger partial charge < -0.3 is 0 Å². The summed E-state index contributed by atoms with van der Waals surface area (Å²) in [6.07, 6.45) is 8.04. The number of benzene rings is 1. The molecule has 1 nitrogen and oxygen atoms in total. The smallest absolute Gasteiger partial charge is 0.163 e. The number of fused-ring (bicyclic) bond motifs is 5. The number of hydrogen-bond donors (Lipinski definition) is 0. The normalized spacial score (nSPS) is 38.7. The summed E-state index contributed by atoms with van der Waals surface area (Å²) in [5, 5.41) is 0. The van der Waals surface area contributed by atoms with Crippen LogP contribution in [0.15, 0.2) is 48.1 Å². The monoisotopic (exact) mass is 278 g/mol. The number of Topliss-reactive ketones (excluding diaryl/α,β-unsaturated/α-hetero) is 1. The number of allylic oxidation sites excluding steroid dienone is 3. The van der Waals surface area contributed by atoms with Gasteiger partial charge in [-0.15, -0.1) is 0 Å². The lowest BCUT2D eigenvalue weighted by Gasteiger charge is -2.27. The fourth-order valence-electron chi connectivity index (χ4n) is 4.98. The highest BCUT2D eigenvalue weighted by atomic mass is 16.1. The molecular formula is C20H22O. The van der Waals surface area contributed by atoms with Crippen LogP contribution in [-0.2, 0) is 4.79 Å². The van der Waals surface area contributed by atoms with Crippen LogP contribution in [0.5, 0.6) is 0 Å². The Hall–Kier alpha value is -1.63. The van der Waals surface area contributed by atoms with Gasteiger partial charge in [-0.05, 0) is 53.2 Å². The molecule has 1 aromatic rings. The fourth-order valence-corrected chi connectivity index (χ4v) is 4.98. The average Bonchev–Trinajstić information content (AvgIpc) is 3.14. The summed E-state index contributed by atoms with van der Waals surface area (Å²) in [5.74, 6) is 3.37. The van der Waals surface area contributed by atoms with Crippen LogP contribution < -0.4 is 0 Å². The second-order valence-electron chi connectivity index (χ2n) is 7.20. The highest BCUT2D eigenvalue weighted by Gasteiger charge is 2.58. The van der Waals surface area contributed by atoms with Crippen LogP contribution in [0, 0.1) is 35.5 Å². The summed E-state index contributed by atoms with van der Waals surface area (Å²) < 4.78 is 0. The summed E-state index contributed by atoms with van der Waals surface area (Å²) in [5.41, 5.74) is 2.25. The van der Waals surface area contributed by atoms with Crippen LogP contribution in [0.1, 0.15) is 25.8 Å². The predicted octanol–water partition coefficient (Wildman–Crippen LogP) is 4.36. The van der Waals surface area contributed by atoms with E-state index in [1.165, 1.54) is 6.42 Å². The molecule has 4 rings (SSSR count). The predicted molar refractivity (Wildman–Crippen MR) is 85.5 cm³/mol. The first-order valence-electron chi connectivity index (χ1n) is 8.16. The first-order chi connectivity index (χ1) is 10.2. The SMILES string of the molecule is CC(C)[C@@H]1/C(=C\c2ccccc2)C(=O)[C@@H]2[C@H]1[C@H]1C=C[C@@H]2C1. The van der Waals surface area contributed by atoms with E-state index in [0.717, 1.165) is 11.1 Å². The summed E-state index contributed by atoms with van der Waals surface area (Å²) in [7, 11) is 0. The molecule has 108 valence electrons. The van der Waals surface area contributed by atoms with E-state index in [9.17, 15) is 4.79 Å². The van der Waals surface area contributed by atoms with Crippen molar-refractivity contribution in [2.75, 3.05) is 0 Å². The van der Waals surface area contributed by atoms with Gasteiger partial charge in [0.1, 0.15) is 0 Å². The molecule has 2 fully saturated rings. The lowest BCUT2D eigenvalue weighted by molar-refractivity contribution is -0.118. The Labute approximate surface area is 126 Å². The number of hydrogen-bond acceptors (Lipinski definition) is 1. The zero-order chi connectivity index (χ0) is 14.6. The van der Waals surface area contributed by atoms with E-state index in [1.807, 2.05) is 18.2 Å². The third kappa shape index (κ3) is 1.87. The second-order valence-corrected chi connectivity index (χ2v) is 7.20. The lowest BCUT2D eigenvalue weighted by atomic mass is 9.76. The van der Waals surface area contributed by atoms with Gasteiger partial charge in [0.2, 0.25) is 0 Å². The quantitative estimate of drug-likeness (QED) is 0.580. The third-order valence-electron chi connectivity index (χ3n) is 5.72.